The fourth-order valence-electron chi connectivity index (χ4n) is 0.714. The summed E-state index contributed by atoms with van der Waals surface area (Å²) in [5.74, 6) is -5.02. The van der Waals surface area contributed by atoms with Crippen molar-refractivity contribution in [2.45, 2.75) is 18.4 Å². The van der Waals surface area contributed by atoms with Gasteiger partial charge in [-0.2, -0.15) is 0 Å². The summed E-state index contributed by atoms with van der Waals surface area (Å²) in [6.45, 7) is 0. The monoisotopic (exact) mass is 330 g/mol. The second-order valence-electron chi connectivity index (χ2n) is 3.08. The van der Waals surface area contributed by atoms with Crippen LogP contribution in [0.4, 0.5) is 0 Å². The summed E-state index contributed by atoms with van der Waals surface area (Å²) in [7, 11) is -4.61. The molecule has 0 amide bonds. The van der Waals surface area contributed by atoms with Gasteiger partial charge >= 0.3 is 64.7 Å². The van der Waals surface area contributed by atoms with E-state index >= 15 is 0 Å². The molecule has 0 unspecified atom stereocenters. The van der Waals surface area contributed by atoms with Crippen LogP contribution in [-0.2, 0) is 14.4 Å². The van der Waals surface area contributed by atoms with Crippen molar-refractivity contribution in [2.24, 2.45) is 0 Å². The normalized spacial score (nSPS) is 10.6. The summed E-state index contributed by atoms with van der Waals surface area (Å²) in [5.41, 5.74) is -2.74. The summed E-state index contributed by atoms with van der Waals surface area (Å²) in [6.07, 6.45) is -2.29. The number of rotatable bonds is 5. The Hall–Kier alpha value is -0.313. The van der Waals surface area contributed by atoms with Crippen molar-refractivity contribution in [1.29, 1.82) is 0 Å². The SMILES string of the molecule is O=C(O)CC(O)(CC(=O)O)C(=O)O.O[Si](O)(O)O.[CaH2]. The van der Waals surface area contributed by atoms with Crippen molar-refractivity contribution in [3.8, 4) is 0 Å². The summed E-state index contributed by atoms with van der Waals surface area (Å²) >= 11 is 0. The Kier molecular flexibility index (Phi) is 12.0. The molecule has 0 aromatic heterocycles. The van der Waals surface area contributed by atoms with Gasteiger partial charge in [0.05, 0.1) is 12.8 Å². The minimum atomic E-state index is -4.61. The van der Waals surface area contributed by atoms with E-state index < -0.39 is 45.4 Å². The molecule has 13 heteroatoms. The van der Waals surface area contributed by atoms with Crippen molar-refractivity contribution < 1.29 is 54.0 Å². The molecule has 0 radical (unpaired) electrons. The maximum absolute atomic E-state index is 10.3. The molecule has 0 aromatic rings. The van der Waals surface area contributed by atoms with E-state index in [2.05, 4.69) is 0 Å². The molecule has 0 aliphatic rings. The molecule has 0 saturated heterocycles. The van der Waals surface area contributed by atoms with Gasteiger partial charge < -0.3 is 39.6 Å². The van der Waals surface area contributed by atoms with E-state index in [1.165, 1.54) is 0 Å². The molecule has 19 heavy (non-hydrogen) atoms. The molecule has 0 aliphatic heterocycles. The zero-order chi connectivity index (χ0) is 15.1. The van der Waals surface area contributed by atoms with Crippen LogP contribution in [-0.4, -0.2) is 110 Å². The number of carboxylic acids is 3. The minimum absolute atomic E-state index is 0. The van der Waals surface area contributed by atoms with Gasteiger partial charge in [0.25, 0.3) is 0 Å². The molecule has 0 fully saturated rings. The molecule has 0 spiro atoms. The third kappa shape index (κ3) is 17.7. The van der Waals surface area contributed by atoms with Gasteiger partial charge in [-0.1, -0.05) is 0 Å². The molecule has 0 aliphatic carbocycles. The van der Waals surface area contributed by atoms with E-state index in [-0.39, 0.29) is 37.7 Å². The Morgan fingerprint density at radius 3 is 1.16 bits per heavy atom. The molecule has 0 rings (SSSR count). The molecular weight excluding hydrogens is 316 g/mol. The van der Waals surface area contributed by atoms with Crippen molar-refractivity contribution in [3.05, 3.63) is 0 Å². The van der Waals surface area contributed by atoms with Crippen LogP contribution in [0.15, 0.2) is 0 Å². The van der Waals surface area contributed by atoms with Gasteiger partial charge in [-0.3, -0.25) is 9.59 Å². The summed E-state index contributed by atoms with van der Waals surface area (Å²) < 4.78 is 0. The first kappa shape index (κ1) is 23.8. The predicted octanol–water partition coefficient (Wildman–Crippen LogP) is -4.77. The fourth-order valence-corrected chi connectivity index (χ4v) is 0.714. The molecular formula is C6H14CaO11Si. The second-order valence-corrected chi connectivity index (χ2v) is 4.28. The molecule has 110 valence electrons. The Bertz CT molecular complexity index is 302. The van der Waals surface area contributed by atoms with E-state index in [1.54, 1.807) is 0 Å². The van der Waals surface area contributed by atoms with Gasteiger partial charge in [-0.05, 0) is 0 Å². The quantitative estimate of drug-likeness (QED) is 0.224. The molecule has 0 atom stereocenters. The van der Waals surface area contributed by atoms with Crippen LogP contribution in [0.1, 0.15) is 12.8 Å². The average Bonchev–Trinajstić information content (AvgIpc) is 1.95. The van der Waals surface area contributed by atoms with E-state index in [4.69, 9.17) is 39.6 Å². The average molecular weight is 330 g/mol. The van der Waals surface area contributed by atoms with Crippen molar-refractivity contribution in [3.63, 3.8) is 0 Å². The number of aliphatic hydroxyl groups is 1. The maximum atomic E-state index is 10.3. The van der Waals surface area contributed by atoms with Crippen molar-refractivity contribution >= 4 is 64.7 Å². The number of aliphatic carboxylic acids is 3. The zero-order valence-corrected chi connectivity index (χ0v) is 9.72. The standard InChI is InChI=1S/C6H8O7.Ca.H4O4Si.2H/c7-3(8)1-6(13,5(11)12)2-4(9)10;;1-5(2,3)4;;/h13H,1-2H2,(H,7,8)(H,9,10)(H,11,12);;1-4H;;. The van der Waals surface area contributed by atoms with Gasteiger partial charge in [0.2, 0.25) is 0 Å². The third-order valence-electron chi connectivity index (χ3n) is 1.29. The van der Waals surface area contributed by atoms with Crippen LogP contribution in [0.3, 0.4) is 0 Å². The number of hydrogen-bond acceptors (Lipinski definition) is 8. The first-order chi connectivity index (χ1) is 7.78. The predicted molar refractivity (Wildman–Crippen MR) is 60.3 cm³/mol. The van der Waals surface area contributed by atoms with Crippen LogP contribution < -0.4 is 0 Å². The zero-order valence-electron chi connectivity index (χ0n) is 8.72. The van der Waals surface area contributed by atoms with Crippen molar-refractivity contribution in [1.82, 2.24) is 0 Å². The van der Waals surface area contributed by atoms with Gasteiger partial charge in [-0.25, -0.2) is 4.79 Å². The van der Waals surface area contributed by atoms with E-state index in [9.17, 15) is 14.4 Å². The molecule has 0 heterocycles. The van der Waals surface area contributed by atoms with Crippen LogP contribution in [0.5, 0.6) is 0 Å². The Labute approximate surface area is 136 Å². The Balaban J connectivity index is -0.000000366. The third-order valence-corrected chi connectivity index (χ3v) is 1.29. The molecule has 11 nitrogen and oxygen atoms in total. The molecule has 8 N–H and O–H groups in total. The molecule has 0 aromatic carbocycles. The Morgan fingerprint density at radius 2 is 1.05 bits per heavy atom. The summed E-state index contributed by atoms with van der Waals surface area (Å²) in [4.78, 5) is 59.8. The van der Waals surface area contributed by atoms with E-state index in [0.717, 1.165) is 0 Å². The van der Waals surface area contributed by atoms with Crippen LogP contribution in [0, 0.1) is 0 Å². The van der Waals surface area contributed by atoms with Crippen molar-refractivity contribution in [2.75, 3.05) is 0 Å². The van der Waals surface area contributed by atoms with Crippen LogP contribution >= 0.6 is 0 Å². The van der Waals surface area contributed by atoms with Crippen LogP contribution in [0.25, 0.3) is 0 Å². The summed E-state index contributed by atoms with van der Waals surface area (Å²) in [5, 5.41) is 33.8. The number of hydrogen-bond donors (Lipinski definition) is 8. The van der Waals surface area contributed by atoms with Gasteiger partial charge in [0, 0.05) is 0 Å². The van der Waals surface area contributed by atoms with Gasteiger partial charge in [0.15, 0.2) is 5.60 Å². The fraction of sp³-hybridized carbons (Fsp3) is 0.500. The van der Waals surface area contributed by atoms with E-state index in [0.29, 0.717) is 0 Å². The molecule has 0 bridgehead atoms. The van der Waals surface area contributed by atoms with Crippen LogP contribution in [0.2, 0.25) is 0 Å². The topological polar surface area (TPSA) is 213 Å². The number of carbonyl (C=O) groups is 3. The van der Waals surface area contributed by atoms with Gasteiger partial charge in [0.1, 0.15) is 0 Å². The van der Waals surface area contributed by atoms with Gasteiger partial charge in [-0.15, -0.1) is 0 Å². The first-order valence-corrected chi connectivity index (χ1v) is 5.85. The summed E-state index contributed by atoms with van der Waals surface area (Å²) in [6, 6.07) is 0. The number of carboxylic acid groups (broad SMARTS) is 3. The Morgan fingerprint density at radius 1 is 0.842 bits per heavy atom. The second kappa shape index (κ2) is 9.57. The first-order valence-electron chi connectivity index (χ1n) is 4.07. The van der Waals surface area contributed by atoms with E-state index in [1.807, 2.05) is 0 Å². The molecule has 0 saturated carbocycles.